The number of hydrogen-bond donors (Lipinski definition) is 1. The van der Waals surface area contributed by atoms with Crippen LogP contribution in [0.2, 0.25) is 0 Å². The van der Waals surface area contributed by atoms with Crippen molar-refractivity contribution in [3.8, 4) is 0 Å². The summed E-state index contributed by atoms with van der Waals surface area (Å²) in [4.78, 5) is 2.30. The third-order valence-electron chi connectivity index (χ3n) is 2.51. The van der Waals surface area contributed by atoms with Crippen LogP contribution in [0.25, 0.3) is 0 Å². The van der Waals surface area contributed by atoms with Crippen LogP contribution >= 0.6 is 0 Å². The summed E-state index contributed by atoms with van der Waals surface area (Å²) in [6.45, 7) is 8.56. The number of aliphatic hydroxyl groups excluding tert-OH is 1. The Kier molecular flexibility index (Phi) is 6.17. The molecule has 1 rings (SSSR count). The zero-order valence-corrected chi connectivity index (χ0v) is 9.82. The second kappa shape index (κ2) is 7.17. The van der Waals surface area contributed by atoms with Crippen LogP contribution in [0.1, 0.15) is 20.3 Å². The summed E-state index contributed by atoms with van der Waals surface area (Å²) in [6.07, 6.45) is 1.25. The molecule has 2 unspecified atom stereocenters. The van der Waals surface area contributed by atoms with Crippen LogP contribution in [-0.2, 0) is 9.47 Å². The van der Waals surface area contributed by atoms with Crippen molar-refractivity contribution in [3.63, 3.8) is 0 Å². The summed E-state index contributed by atoms with van der Waals surface area (Å²) in [7, 11) is 0. The summed E-state index contributed by atoms with van der Waals surface area (Å²) in [5.41, 5.74) is 0. The first-order valence-electron chi connectivity index (χ1n) is 5.82. The van der Waals surface area contributed by atoms with E-state index in [0.717, 1.165) is 39.3 Å². The standard InChI is InChI=1S/C11H23NO3/c1-3-5-14-6-4-12-7-10(2)15-11(8-12)9-13/h10-11,13H,3-9H2,1-2H3. The fourth-order valence-corrected chi connectivity index (χ4v) is 1.86. The number of nitrogens with zero attached hydrogens (tertiary/aromatic N) is 1. The first kappa shape index (κ1) is 12.9. The summed E-state index contributed by atoms with van der Waals surface area (Å²) < 4.78 is 11.0. The molecule has 0 saturated carbocycles. The van der Waals surface area contributed by atoms with E-state index in [-0.39, 0.29) is 18.8 Å². The zero-order chi connectivity index (χ0) is 11.1. The van der Waals surface area contributed by atoms with E-state index in [9.17, 15) is 0 Å². The van der Waals surface area contributed by atoms with Gasteiger partial charge in [-0.05, 0) is 13.3 Å². The molecule has 2 atom stereocenters. The molecule has 0 radical (unpaired) electrons. The Hall–Kier alpha value is -0.160. The lowest BCUT2D eigenvalue weighted by Crippen LogP contribution is -2.48. The molecule has 0 spiro atoms. The molecule has 1 aliphatic rings. The van der Waals surface area contributed by atoms with Gasteiger partial charge >= 0.3 is 0 Å². The monoisotopic (exact) mass is 217 g/mol. The lowest BCUT2D eigenvalue weighted by molar-refractivity contribution is -0.0986. The van der Waals surface area contributed by atoms with E-state index in [1.165, 1.54) is 0 Å². The fourth-order valence-electron chi connectivity index (χ4n) is 1.86. The number of morpholine rings is 1. The van der Waals surface area contributed by atoms with Crippen LogP contribution in [0.15, 0.2) is 0 Å². The van der Waals surface area contributed by atoms with Crippen LogP contribution in [0, 0.1) is 0 Å². The van der Waals surface area contributed by atoms with Gasteiger partial charge in [0, 0.05) is 26.2 Å². The highest BCUT2D eigenvalue weighted by atomic mass is 16.5. The number of ether oxygens (including phenoxy) is 2. The van der Waals surface area contributed by atoms with Gasteiger partial charge in [-0.2, -0.15) is 0 Å². The minimum absolute atomic E-state index is 0.0278. The molecule has 0 aliphatic carbocycles. The van der Waals surface area contributed by atoms with Gasteiger partial charge in [0.15, 0.2) is 0 Å². The van der Waals surface area contributed by atoms with Crippen molar-refractivity contribution >= 4 is 0 Å². The summed E-state index contributed by atoms with van der Waals surface area (Å²) in [5.74, 6) is 0. The predicted octanol–water partition coefficient (Wildman–Crippen LogP) is 0.495. The van der Waals surface area contributed by atoms with Crippen molar-refractivity contribution in [2.24, 2.45) is 0 Å². The Morgan fingerprint density at radius 2 is 2.20 bits per heavy atom. The third kappa shape index (κ3) is 4.93. The van der Waals surface area contributed by atoms with E-state index in [1.54, 1.807) is 0 Å². The van der Waals surface area contributed by atoms with Crippen LogP contribution < -0.4 is 0 Å². The third-order valence-corrected chi connectivity index (χ3v) is 2.51. The van der Waals surface area contributed by atoms with E-state index >= 15 is 0 Å². The Bertz CT molecular complexity index is 166. The quantitative estimate of drug-likeness (QED) is 0.658. The fraction of sp³-hybridized carbons (Fsp3) is 1.00. The van der Waals surface area contributed by atoms with Crippen molar-refractivity contribution in [3.05, 3.63) is 0 Å². The highest BCUT2D eigenvalue weighted by Gasteiger charge is 2.23. The minimum Gasteiger partial charge on any atom is -0.394 e. The van der Waals surface area contributed by atoms with Crippen molar-refractivity contribution in [2.75, 3.05) is 39.5 Å². The molecule has 0 bridgehead atoms. The topological polar surface area (TPSA) is 41.9 Å². The highest BCUT2D eigenvalue weighted by molar-refractivity contribution is 4.74. The molecular weight excluding hydrogens is 194 g/mol. The van der Waals surface area contributed by atoms with E-state index in [1.807, 2.05) is 6.92 Å². The smallest absolute Gasteiger partial charge is 0.0936 e. The second-order valence-electron chi connectivity index (χ2n) is 4.12. The zero-order valence-electron chi connectivity index (χ0n) is 9.82. The number of hydrogen-bond acceptors (Lipinski definition) is 4. The molecule has 0 aromatic rings. The highest BCUT2D eigenvalue weighted by Crippen LogP contribution is 2.10. The maximum Gasteiger partial charge on any atom is 0.0936 e. The molecule has 0 aromatic carbocycles. The SMILES string of the molecule is CCCOCCN1CC(C)OC(CO)C1. The summed E-state index contributed by atoms with van der Waals surface area (Å²) in [5, 5.41) is 9.05. The van der Waals surface area contributed by atoms with Crippen LogP contribution in [0.5, 0.6) is 0 Å². The van der Waals surface area contributed by atoms with E-state index in [4.69, 9.17) is 14.6 Å². The van der Waals surface area contributed by atoms with Crippen molar-refractivity contribution < 1.29 is 14.6 Å². The second-order valence-corrected chi connectivity index (χ2v) is 4.12. The molecule has 0 amide bonds. The molecule has 90 valence electrons. The van der Waals surface area contributed by atoms with Crippen LogP contribution in [-0.4, -0.2) is 61.7 Å². The van der Waals surface area contributed by atoms with Gasteiger partial charge in [-0.1, -0.05) is 6.92 Å². The van der Waals surface area contributed by atoms with E-state index < -0.39 is 0 Å². The lowest BCUT2D eigenvalue weighted by atomic mass is 10.2. The summed E-state index contributed by atoms with van der Waals surface area (Å²) >= 11 is 0. The maximum atomic E-state index is 9.05. The van der Waals surface area contributed by atoms with Gasteiger partial charge in [-0.15, -0.1) is 0 Å². The maximum absolute atomic E-state index is 9.05. The molecule has 1 aliphatic heterocycles. The van der Waals surface area contributed by atoms with Gasteiger partial charge in [0.25, 0.3) is 0 Å². The van der Waals surface area contributed by atoms with E-state index in [0.29, 0.717) is 0 Å². The molecule has 15 heavy (non-hydrogen) atoms. The largest absolute Gasteiger partial charge is 0.394 e. The Labute approximate surface area is 92.2 Å². The van der Waals surface area contributed by atoms with Gasteiger partial charge in [0.05, 0.1) is 25.4 Å². The average Bonchev–Trinajstić information content (AvgIpc) is 2.23. The molecule has 1 heterocycles. The molecule has 0 aromatic heterocycles. The van der Waals surface area contributed by atoms with Gasteiger partial charge in [0.1, 0.15) is 0 Å². The minimum atomic E-state index is -0.0278. The van der Waals surface area contributed by atoms with Crippen LogP contribution in [0.3, 0.4) is 0 Å². The first-order valence-corrected chi connectivity index (χ1v) is 5.82. The Morgan fingerprint density at radius 3 is 2.87 bits per heavy atom. The molecule has 4 nitrogen and oxygen atoms in total. The van der Waals surface area contributed by atoms with Gasteiger partial charge in [0.2, 0.25) is 0 Å². The molecule has 4 heteroatoms. The van der Waals surface area contributed by atoms with Crippen molar-refractivity contribution in [1.82, 2.24) is 4.90 Å². The van der Waals surface area contributed by atoms with Gasteiger partial charge in [-0.25, -0.2) is 0 Å². The van der Waals surface area contributed by atoms with Crippen molar-refractivity contribution in [1.29, 1.82) is 0 Å². The predicted molar refractivity (Wildman–Crippen MR) is 59.0 cm³/mol. The first-order chi connectivity index (χ1) is 7.26. The van der Waals surface area contributed by atoms with Gasteiger partial charge in [-0.3, -0.25) is 4.90 Å². The Balaban J connectivity index is 2.16. The number of aliphatic hydroxyl groups is 1. The van der Waals surface area contributed by atoms with Crippen molar-refractivity contribution in [2.45, 2.75) is 32.5 Å². The van der Waals surface area contributed by atoms with Gasteiger partial charge < -0.3 is 14.6 Å². The molecule has 1 N–H and O–H groups in total. The number of rotatable bonds is 6. The molecule has 1 fully saturated rings. The van der Waals surface area contributed by atoms with Crippen LogP contribution in [0.4, 0.5) is 0 Å². The Morgan fingerprint density at radius 1 is 1.40 bits per heavy atom. The lowest BCUT2D eigenvalue weighted by Gasteiger charge is -2.35. The van der Waals surface area contributed by atoms with E-state index in [2.05, 4.69) is 11.8 Å². The molecular formula is C11H23NO3. The average molecular weight is 217 g/mol. The normalized spacial score (nSPS) is 28.2. The molecule has 1 saturated heterocycles. The summed E-state index contributed by atoms with van der Waals surface area (Å²) in [6, 6.07) is 0.